The maximum atomic E-state index is 12.4. The van der Waals surface area contributed by atoms with Gasteiger partial charge in [-0.3, -0.25) is 19.7 Å². The third-order valence-corrected chi connectivity index (χ3v) is 4.55. The van der Waals surface area contributed by atoms with Gasteiger partial charge in [0, 0.05) is 51.3 Å². The number of amides is 2. The van der Waals surface area contributed by atoms with Gasteiger partial charge in [0.2, 0.25) is 11.8 Å². The van der Waals surface area contributed by atoms with E-state index in [1.54, 1.807) is 17.2 Å². The van der Waals surface area contributed by atoms with E-state index in [0.717, 1.165) is 5.82 Å². The minimum absolute atomic E-state index is 0.0225. The topological polar surface area (TPSA) is 109 Å². The third kappa shape index (κ3) is 4.81. The molecule has 1 fully saturated rings. The molecule has 146 valence electrons. The van der Waals surface area contributed by atoms with E-state index < -0.39 is 10.8 Å². The van der Waals surface area contributed by atoms with E-state index in [9.17, 15) is 19.7 Å². The lowest BCUT2D eigenvalue weighted by atomic mass is 10.2. The fourth-order valence-electron chi connectivity index (χ4n) is 3.06. The van der Waals surface area contributed by atoms with Crippen LogP contribution in [0.1, 0.15) is 12.8 Å². The maximum absolute atomic E-state index is 12.4. The fourth-order valence-corrected chi connectivity index (χ4v) is 3.06. The van der Waals surface area contributed by atoms with Crippen LogP contribution in [-0.4, -0.2) is 52.8 Å². The predicted molar refractivity (Wildman–Crippen MR) is 104 cm³/mol. The Labute approximate surface area is 162 Å². The molecule has 0 unspecified atom stereocenters. The van der Waals surface area contributed by atoms with E-state index in [1.165, 1.54) is 18.2 Å². The Morgan fingerprint density at radius 3 is 2.43 bits per heavy atom. The van der Waals surface area contributed by atoms with Crippen molar-refractivity contribution in [3.05, 3.63) is 58.8 Å². The molecule has 0 aliphatic carbocycles. The van der Waals surface area contributed by atoms with Gasteiger partial charge in [-0.25, -0.2) is 4.98 Å². The number of benzene rings is 1. The molecule has 0 saturated carbocycles. The van der Waals surface area contributed by atoms with Crippen molar-refractivity contribution in [1.29, 1.82) is 0 Å². The van der Waals surface area contributed by atoms with Crippen LogP contribution in [0.5, 0.6) is 0 Å². The van der Waals surface area contributed by atoms with Gasteiger partial charge in [-0.15, -0.1) is 0 Å². The van der Waals surface area contributed by atoms with Crippen molar-refractivity contribution in [3.8, 4) is 0 Å². The number of aromatic nitrogens is 1. The van der Waals surface area contributed by atoms with Crippen LogP contribution in [0.3, 0.4) is 0 Å². The Morgan fingerprint density at radius 2 is 1.75 bits per heavy atom. The number of nitrogens with one attached hydrogen (secondary N) is 1. The average molecular weight is 383 g/mol. The summed E-state index contributed by atoms with van der Waals surface area (Å²) in [6.07, 6.45) is 1.78. The number of pyridine rings is 1. The van der Waals surface area contributed by atoms with Crippen LogP contribution < -0.4 is 10.2 Å². The number of hydrogen-bond donors (Lipinski definition) is 1. The van der Waals surface area contributed by atoms with Crippen molar-refractivity contribution in [2.24, 2.45) is 0 Å². The zero-order valence-corrected chi connectivity index (χ0v) is 15.3. The van der Waals surface area contributed by atoms with Gasteiger partial charge in [0.1, 0.15) is 11.5 Å². The van der Waals surface area contributed by atoms with Crippen LogP contribution in [0.2, 0.25) is 0 Å². The summed E-state index contributed by atoms with van der Waals surface area (Å²) in [6, 6.07) is 11.6. The zero-order valence-electron chi connectivity index (χ0n) is 15.3. The second-order valence-corrected chi connectivity index (χ2v) is 6.38. The third-order valence-electron chi connectivity index (χ3n) is 4.55. The van der Waals surface area contributed by atoms with Gasteiger partial charge >= 0.3 is 0 Å². The normalized spacial score (nSPS) is 13.9. The van der Waals surface area contributed by atoms with Crippen molar-refractivity contribution >= 4 is 29.0 Å². The minimum Gasteiger partial charge on any atom is -0.353 e. The van der Waals surface area contributed by atoms with Gasteiger partial charge in [-0.05, 0) is 18.2 Å². The van der Waals surface area contributed by atoms with Crippen LogP contribution in [0.4, 0.5) is 17.2 Å². The number of para-hydroxylation sites is 2. The standard InChI is InChI=1S/C19H21N5O4/c25-18(21-15-5-1-2-6-16(15)24(27)28)8-9-19(26)23-13-11-22(12-14-23)17-7-3-4-10-20-17/h1-7,10H,8-9,11-14H2,(H,21,25). The van der Waals surface area contributed by atoms with Crippen molar-refractivity contribution in [1.82, 2.24) is 9.88 Å². The highest BCUT2D eigenvalue weighted by atomic mass is 16.6. The molecule has 1 aliphatic heterocycles. The van der Waals surface area contributed by atoms with E-state index in [1.807, 2.05) is 18.2 Å². The highest BCUT2D eigenvalue weighted by Crippen LogP contribution is 2.23. The number of carbonyl (C=O) groups is 2. The quantitative estimate of drug-likeness (QED) is 0.604. The molecule has 2 heterocycles. The summed E-state index contributed by atoms with van der Waals surface area (Å²) in [7, 11) is 0. The molecular weight excluding hydrogens is 362 g/mol. The van der Waals surface area contributed by atoms with E-state index in [4.69, 9.17) is 0 Å². The number of rotatable bonds is 6. The first-order valence-corrected chi connectivity index (χ1v) is 9.01. The van der Waals surface area contributed by atoms with E-state index in [2.05, 4.69) is 15.2 Å². The monoisotopic (exact) mass is 383 g/mol. The number of carbonyl (C=O) groups excluding carboxylic acids is 2. The highest BCUT2D eigenvalue weighted by molar-refractivity contribution is 5.95. The number of nitro benzene ring substituents is 1. The van der Waals surface area contributed by atoms with Crippen molar-refractivity contribution in [2.45, 2.75) is 12.8 Å². The SMILES string of the molecule is O=C(CCC(=O)N1CCN(c2ccccn2)CC1)Nc1ccccc1[N+](=O)[O-]. The lowest BCUT2D eigenvalue weighted by Gasteiger charge is -2.35. The Kier molecular flexibility index (Phi) is 6.15. The number of anilines is 2. The van der Waals surface area contributed by atoms with Gasteiger partial charge < -0.3 is 15.1 Å². The Balaban J connectivity index is 1.46. The summed E-state index contributed by atoms with van der Waals surface area (Å²) < 4.78 is 0. The van der Waals surface area contributed by atoms with Crippen LogP contribution >= 0.6 is 0 Å². The predicted octanol–water partition coefficient (Wildman–Crippen LogP) is 2.06. The average Bonchev–Trinajstić information content (AvgIpc) is 2.73. The molecule has 1 aromatic heterocycles. The van der Waals surface area contributed by atoms with Gasteiger partial charge in [-0.2, -0.15) is 0 Å². The summed E-state index contributed by atoms with van der Waals surface area (Å²) in [5.41, 5.74) is -0.0401. The summed E-state index contributed by atoms with van der Waals surface area (Å²) in [6.45, 7) is 2.51. The zero-order chi connectivity index (χ0) is 19.9. The van der Waals surface area contributed by atoms with Gasteiger partial charge in [-0.1, -0.05) is 18.2 Å². The molecule has 0 spiro atoms. The molecule has 2 aromatic rings. The van der Waals surface area contributed by atoms with Crippen LogP contribution in [0.15, 0.2) is 48.7 Å². The number of nitro groups is 1. The molecule has 3 rings (SSSR count). The van der Waals surface area contributed by atoms with Crippen molar-refractivity contribution in [2.75, 3.05) is 36.4 Å². The van der Waals surface area contributed by atoms with Crippen molar-refractivity contribution in [3.63, 3.8) is 0 Å². The van der Waals surface area contributed by atoms with Gasteiger partial charge in [0.25, 0.3) is 5.69 Å². The molecule has 28 heavy (non-hydrogen) atoms. The Bertz CT molecular complexity index is 850. The van der Waals surface area contributed by atoms with Gasteiger partial charge in [0.15, 0.2) is 0 Å². The van der Waals surface area contributed by atoms with E-state index in [-0.39, 0.29) is 30.1 Å². The Hall–Kier alpha value is -3.49. The first-order valence-electron chi connectivity index (χ1n) is 9.01. The van der Waals surface area contributed by atoms with E-state index >= 15 is 0 Å². The van der Waals surface area contributed by atoms with E-state index in [0.29, 0.717) is 26.2 Å². The molecule has 1 aromatic carbocycles. The molecule has 9 heteroatoms. The first kappa shape index (κ1) is 19.3. The van der Waals surface area contributed by atoms with Crippen LogP contribution in [-0.2, 0) is 9.59 Å². The molecule has 1 aliphatic rings. The second kappa shape index (κ2) is 8.94. The first-order chi connectivity index (χ1) is 13.5. The largest absolute Gasteiger partial charge is 0.353 e. The molecule has 1 saturated heterocycles. The number of piperazine rings is 1. The molecule has 0 atom stereocenters. The molecule has 1 N–H and O–H groups in total. The smallest absolute Gasteiger partial charge is 0.292 e. The number of nitrogens with zero attached hydrogens (tertiary/aromatic N) is 4. The summed E-state index contributed by atoms with van der Waals surface area (Å²) in [5, 5.41) is 13.5. The molecule has 2 amide bonds. The Morgan fingerprint density at radius 1 is 1.04 bits per heavy atom. The maximum Gasteiger partial charge on any atom is 0.292 e. The molecule has 9 nitrogen and oxygen atoms in total. The minimum atomic E-state index is -0.554. The molecule has 0 radical (unpaired) electrons. The lowest BCUT2D eigenvalue weighted by Crippen LogP contribution is -2.49. The molecule has 0 bridgehead atoms. The highest BCUT2D eigenvalue weighted by Gasteiger charge is 2.22. The van der Waals surface area contributed by atoms with Crippen LogP contribution in [0, 0.1) is 10.1 Å². The summed E-state index contributed by atoms with van der Waals surface area (Å²) in [4.78, 5) is 43.1. The van der Waals surface area contributed by atoms with Crippen LogP contribution in [0.25, 0.3) is 0 Å². The summed E-state index contributed by atoms with van der Waals surface area (Å²) in [5.74, 6) is 0.367. The fraction of sp³-hybridized carbons (Fsp3) is 0.316. The molecular formula is C19H21N5O4. The number of hydrogen-bond acceptors (Lipinski definition) is 6. The lowest BCUT2D eigenvalue weighted by molar-refractivity contribution is -0.383. The summed E-state index contributed by atoms with van der Waals surface area (Å²) >= 11 is 0. The van der Waals surface area contributed by atoms with Gasteiger partial charge in [0.05, 0.1) is 4.92 Å². The van der Waals surface area contributed by atoms with Crippen molar-refractivity contribution < 1.29 is 14.5 Å². The second-order valence-electron chi connectivity index (χ2n) is 6.38.